The van der Waals surface area contributed by atoms with Crippen molar-refractivity contribution in [3.05, 3.63) is 94.0 Å². The first-order chi connectivity index (χ1) is 13.4. The van der Waals surface area contributed by atoms with Crippen LogP contribution in [0.3, 0.4) is 0 Å². The second kappa shape index (κ2) is 9.09. The van der Waals surface area contributed by atoms with Gasteiger partial charge in [0.2, 0.25) is 5.91 Å². The van der Waals surface area contributed by atoms with E-state index in [4.69, 9.17) is 11.6 Å². The monoisotopic (exact) mass is 409 g/mol. The zero-order valence-corrected chi connectivity index (χ0v) is 17.2. The molecular weight excluding hydrogens is 390 g/mol. The number of aryl methyl sites for hydroxylation is 2. The number of hydrogen-bond acceptors (Lipinski definition) is 3. The molecule has 28 heavy (non-hydrogen) atoms. The van der Waals surface area contributed by atoms with Crippen molar-refractivity contribution in [2.45, 2.75) is 18.7 Å². The van der Waals surface area contributed by atoms with Crippen molar-refractivity contribution < 1.29 is 9.59 Å². The molecule has 3 aromatic carbocycles. The number of hydrogen-bond donors (Lipinski definition) is 1. The molecule has 0 atom stereocenters. The van der Waals surface area contributed by atoms with E-state index in [2.05, 4.69) is 11.4 Å². The van der Waals surface area contributed by atoms with Gasteiger partial charge in [0.1, 0.15) is 0 Å². The smallest absolute Gasteiger partial charge is 0.234 e. The van der Waals surface area contributed by atoms with Crippen LogP contribution in [0.1, 0.15) is 27.0 Å². The fourth-order valence-corrected chi connectivity index (χ4v) is 3.83. The summed E-state index contributed by atoms with van der Waals surface area (Å²) in [5, 5.41) is 3.30. The number of carbonyl (C=O) groups excluding carboxylic acids is 2. The van der Waals surface area contributed by atoms with Crippen LogP contribution in [0.5, 0.6) is 0 Å². The zero-order valence-electron chi connectivity index (χ0n) is 15.7. The van der Waals surface area contributed by atoms with E-state index in [1.807, 2.05) is 32.0 Å². The molecule has 0 spiro atoms. The van der Waals surface area contributed by atoms with Crippen molar-refractivity contribution >= 4 is 40.7 Å². The molecule has 0 aliphatic rings. The lowest BCUT2D eigenvalue weighted by molar-refractivity contribution is -0.113. The summed E-state index contributed by atoms with van der Waals surface area (Å²) < 4.78 is 0. The highest BCUT2D eigenvalue weighted by molar-refractivity contribution is 8.00. The van der Waals surface area contributed by atoms with Crippen LogP contribution in [0.25, 0.3) is 0 Å². The molecule has 0 aliphatic heterocycles. The molecule has 5 heteroatoms. The second-order valence-corrected chi connectivity index (χ2v) is 7.94. The molecule has 0 aliphatic carbocycles. The van der Waals surface area contributed by atoms with Crippen LogP contribution in [0, 0.1) is 13.8 Å². The van der Waals surface area contributed by atoms with Crippen LogP contribution in [0.4, 0.5) is 5.69 Å². The molecule has 1 amide bonds. The Bertz CT molecular complexity index is 1020. The third-order valence-electron chi connectivity index (χ3n) is 4.23. The summed E-state index contributed by atoms with van der Waals surface area (Å²) in [6.45, 7) is 4.07. The van der Waals surface area contributed by atoms with Crippen molar-refractivity contribution in [1.82, 2.24) is 0 Å². The third-order valence-corrected chi connectivity index (χ3v) is 5.64. The number of anilines is 1. The van der Waals surface area contributed by atoms with Crippen LogP contribution in [-0.2, 0) is 4.79 Å². The van der Waals surface area contributed by atoms with E-state index in [0.29, 0.717) is 21.8 Å². The maximum absolute atomic E-state index is 12.8. The van der Waals surface area contributed by atoms with Crippen LogP contribution in [0.15, 0.2) is 71.6 Å². The van der Waals surface area contributed by atoms with Gasteiger partial charge in [-0.05, 0) is 43.7 Å². The predicted molar refractivity (Wildman–Crippen MR) is 117 cm³/mol. The lowest BCUT2D eigenvalue weighted by atomic mass is 10.0. The van der Waals surface area contributed by atoms with Gasteiger partial charge in [-0.1, -0.05) is 59.6 Å². The van der Waals surface area contributed by atoms with Crippen LogP contribution < -0.4 is 5.32 Å². The maximum atomic E-state index is 12.8. The van der Waals surface area contributed by atoms with Crippen molar-refractivity contribution in [3.8, 4) is 0 Å². The van der Waals surface area contributed by atoms with Gasteiger partial charge in [-0.3, -0.25) is 9.59 Å². The number of thioether (sulfide) groups is 1. The summed E-state index contributed by atoms with van der Waals surface area (Å²) in [5.41, 5.74) is 3.72. The number of amides is 1. The second-order valence-electron chi connectivity index (χ2n) is 6.49. The van der Waals surface area contributed by atoms with E-state index in [0.717, 1.165) is 10.5 Å². The number of halogens is 1. The SMILES string of the molecule is Cc1ccc(SCC(=O)Nc2ccc(Cl)cc2C(=O)c2ccccc2)c(C)c1. The molecule has 0 saturated heterocycles. The molecule has 0 bridgehead atoms. The largest absolute Gasteiger partial charge is 0.325 e. The lowest BCUT2D eigenvalue weighted by Gasteiger charge is -2.12. The number of benzene rings is 3. The fourth-order valence-electron chi connectivity index (χ4n) is 2.85. The average molecular weight is 410 g/mol. The molecule has 0 unspecified atom stereocenters. The topological polar surface area (TPSA) is 46.2 Å². The first kappa shape index (κ1) is 20.2. The summed E-state index contributed by atoms with van der Waals surface area (Å²) in [6, 6.07) is 20.0. The van der Waals surface area contributed by atoms with E-state index in [1.54, 1.807) is 42.5 Å². The maximum Gasteiger partial charge on any atom is 0.234 e. The highest BCUT2D eigenvalue weighted by atomic mass is 35.5. The minimum Gasteiger partial charge on any atom is -0.325 e. The summed E-state index contributed by atoms with van der Waals surface area (Å²) in [5.74, 6) is -0.0965. The molecule has 0 fully saturated rings. The molecular formula is C23H20ClNO2S. The van der Waals surface area contributed by atoms with Crippen molar-refractivity contribution in [2.75, 3.05) is 11.1 Å². The van der Waals surface area contributed by atoms with Crippen LogP contribution >= 0.6 is 23.4 Å². The van der Waals surface area contributed by atoms with Crippen LogP contribution in [-0.4, -0.2) is 17.4 Å². The number of rotatable bonds is 6. The number of ketones is 1. The molecule has 1 N–H and O–H groups in total. The zero-order chi connectivity index (χ0) is 20.1. The Labute approximate surface area is 174 Å². The highest BCUT2D eigenvalue weighted by Gasteiger charge is 2.16. The van der Waals surface area contributed by atoms with E-state index in [9.17, 15) is 9.59 Å². The minimum absolute atomic E-state index is 0.172. The molecule has 142 valence electrons. The van der Waals surface area contributed by atoms with E-state index in [1.165, 1.54) is 17.3 Å². The van der Waals surface area contributed by atoms with Gasteiger partial charge in [0.15, 0.2) is 5.78 Å². The Morgan fingerprint density at radius 2 is 1.71 bits per heavy atom. The average Bonchev–Trinajstić information content (AvgIpc) is 2.69. The highest BCUT2D eigenvalue weighted by Crippen LogP contribution is 2.26. The van der Waals surface area contributed by atoms with Gasteiger partial charge >= 0.3 is 0 Å². The van der Waals surface area contributed by atoms with Gasteiger partial charge in [-0.2, -0.15) is 0 Å². The van der Waals surface area contributed by atoms with Gasteiger partial charge in [0, 0.05) is 21.0 Å². The standard InChI is InChI=1S/C23H20ClNO2S/c1-15-8-11-21(16(2)12-15)28-14-22(26)25-20-10-9-18(24)13-19(20)23(27)17-6-4-3-5-7-17/h3-13H,14H2,1-2H3,(H,25,26). The van der Waals surface area contributed by atoms with Crippen molar-refractivity contribution in [1.29, 1.82) is 0 Å². The quantitative estimate of drug-likeness (QED) is 0.406. The Kier molecular flexibility index (Phi) is 6.55. The normalized spacial score (nSPS) is 10.5. The van der Waals surface area contributed by atoms with Gasteiger partial charge in [-0.15, -0.1) is 11.8 Å². The summed E-state index contributed by atoms with van der Waals surface area (Å²) in [4.78, 5) is 26.4. The Morgan fingerprint density at radius 3 is 2.43 bits per heavy atom. The number of carbonyl (C=O) groups is 2. The van der Waals surface area contributed by atoms with E-state index < -0.39 is 0 Å². The third kappa shape index (κ3) is 5.03. The molecule has 3 aromatic rings. The summed E-state index contributed by atoms with van der Waals surface area (Å²) in [6.07, 6.45) is 0. The first-order valence-electron chi connectivity index (χ1n) is 8.83. The van der Waals surface area contributed by atoms with Gasteiger partial charge in [0.25, 0.3) is 0 Å². The summed E-state index contributed by atoms with van der Waals surface area (Å²) >= 11 is 7.56. The Balaban J connectivity index is 1.75. The van der Waals surface area contributed by atoms with E-state index >= 15 is 0 Å². The molecule has 3 rings (SSSR count). The van der Waals surface area contributed by atoms with Gasteiger partial charge < -0.3 is 5.32 Å². The summed E-state index contributed by atoms with van der Waals surface area (Å²) in [7, 11) is 0. The molecule has 0 radical (unpaired) electrons. The molecule has 3 nitrogen and oxygen atoms in total. The van der Waals surface area contributed by atoms with Crippen molar-refractivity contribution in [3.63, 3.8) is 0 Å². The molecule has 0 aromatic heterocycles. The minimum atomic E-state index is -0.180. The van der Waals surface area contributed by atoms with Gasteiger partial charge in [0.05, 0.1) is 11.4 Å². The van der Waals surface area contributed by atoms with Gasteiger partial charge in [-0.25, -0.2) is 0 Å². The lowest BCUT2D eigenvalue weighted by Crippen LogP contribution is -2.17. The number of nitrogens with one attached hydrogen (secondary N) is 1. The molecule has 0 heterocycles. The predicted octanol–water partition coefficient (Wildman–Crippen LogP) is 5.92. The van der Waals surface area contributed by atoms with E-state index in [-0.39, 0.29) is 17.4 Å². The fraction of sp³-hybridized carbons (Fsp3) is 0.130. The first-order valence-corrected chi connectivity index (χ1v) is 10.2. The van der Waals surface area contributed by atoms with Crippen LogP contribution in [0.2, 0.25) is 5.02 Å². The molecule has 0 saturated carbocycles. The Morgan fingerprint density at radius 1 is 0.964 bits per heavy atom. The Hall–Kier alpha value is -2.56. The van der Waals surface area contributed by atoms with Crippen molar-refractivity contribution in [2.24, 2.45) is 0 Å².